The van der Waals surface area contributed by atoms with Crippen LogP contribution in [0.3, 0.4) is 0 Å². The van der Waals surface area contributed by atoms with Crippen LogP contribution in [0.4, 0.5) is 11.4 Å². The first-order valence-corrected chi connectivity index (χ1v) is 14.8. The van der Waals surface area contributed by atoms with Crippen molar-refractivity contribution in [3.63, 3.8) is 0 Å². The molecule has 0 radical (unpaired) electrons. The van der Waals surface area contributed by atoms with Gasteiger partial charge in [-0.15, -0.1) is 18.8 Å². The molecule has 0 N–H and O–H groups in total. The predicted molar refractivity (Wildman–Crippen MR) is 183 cm³/mol. The second kappa shape index (κ2) is 13.1. The Hall–Kier alpha value is -4.67. The molecule has 0 saturated carbocycles. The molecule has 1 aliphatic heterocycles. The van der Waals surface area contributed by atoms with Crippen molar-refractivity contribution in [2.24, 2.45) is 5.10 Å². The summed E-state index contributed by atoms with van der Waals surface area (Å²) >= 11 is 0. The van der Waals surface area contributed by atoms with Gasteiger partial charge in [0.1, 0.15) is 0 Å². The zero-order valence-electron chi connectivity index (χ0n) is 25.3. The number of para-hydroxylation sites is 1. The molecule has 0 spiro atoms. The average Bonchev–Trinajstić information content (AvgIpc) is 3.75. The van der Waals surface area contributed by atoms with Gasteiger partial charge in [0.25, 0.3) is 0 Å². The van der Waals surface area contributed by atoms with E-state index < -0.39 is 0 Å². The standard InChI is InChI=1S/C38H31BN5.Pt/c1-28-22-29(2)38(30(3)23-28)39(32-14-10-18-35(24-32)43-21-20-37(41-43)31-12-6-4-7-13-31)33-15-11-19-36(25-33)44-27-42(26-40-44)34-16-8-5-9-17-34;/h4-23,26-27H,1-3H3;/q-3;. The van der Waals surface area contributed by atoms with Crippen LogP contribution in [-0.4, -0.2) is 22.8 Å². The molecule has 224 valence electrons. The first-order valence-electron chi connectivity index (χ1n) is 14.8. The summed E-state index contributed by atoms with van der Waals surface area (Å²) in [6, 6.07) is 47.1. The van der Waals surface area contributed by atoms with E-state index in [4.69, 9.17) is 5.10 Å². The van der Waals surface area contributed by atoms with Crippen LogP contribution in [0.25, 0.3) is 16.9 Å². The van der Waals surface area contributed by atoms with E-state index in [0.717, 1.165) is 39.2 Å². The molecule has 7 heteroatoms. The van der Waals surface area contributed by atoms with Crippen LogP contribution in [0.15, 0.2) is 127 Å². The van der Waals surface area contributed by atoms with Crippen molar-refractivity contribution >= 4 is 40.8 Å². The van der Waals surface area contributed by atoms with Crippen LogP contribution >= 0.6 is 0 Å². The van der Waals surface area contributed by atoms with Crippen molar-refractivity contribution in [1.29, 1.82) is 0 Å². The van der Waals surface area contributed by atoms with Gasteiger partial charge in [-0.3, -0.25) is 4.68 Å². The zero-order valence-corrected chi connectivity index (χ0v) is 27.6. The molecule has 2 heterocycles. The molecule has 6 aromatic rings. The van der Waals surface area contributed by atoms with Gasteiger partial charge in [-0.05, 0) is 44.7 Å². The normalized spacial score (nSPS) is 12.3. The molecule has 45 heavy (non-hydrogen) atoms. The van der Waals surface area contributed by atoms with Crippen molar-refractivity contribution in [1.82, 2.24) is 9.78 Å². The summed E-state index contributed by atoms with van der Waals surface area (Å²) in [5.74, 6) is 0. The first kappa shape index (κ1) is 30.4. The minimum absolute atomic E-state index is 0. The summed E-state index contributed by atoms with van der Waals surface area (Å²) in [5, 5.41) is 11.4. The van der Waals surface area contributed by atoms with Gasteiger partial charge in [-0.1, -0.05) is 88.5 Å². The molecule has 0 atom stereocenters. The third-order valence-corrected chi connectivity index (χ3v) is 7.99. The summed E-state index contributed by atoms with van der Waals surface area (Å²) in [5.41, 5.74) is 12.0. The molecule has 5 aromatic carbocycles. The molecule has 1 aliphatic rings. The number of nitrogens with zero attached hydrogens (tertiary/aromatic N) is 5. The van der Waals surface area contributed by atoms with Gasteiger partial charge in [0.05, 0.1) is 12.0 Å². The van der Waals surface area contributed by atoms with Crippen LogP contribution in [0.2, 0.25) is 0 Å². The predicted octanol–water partition coefficient (Wildman–Crippen LogP) is 5.97. The fourth-order valence-electron chi connectivity index (χ4n) is 6.04. The molecule has 7 rings (SSSR count). The van der Waals surface area contributed by atoms with Crippen LogP contribution in [-0.2, 0) is 21.1 Å². The van der Waals surface area contributed by atoms with Gasteiger partial charge in [-0.25, -0.2) is 0 Å². The largest absolute Gasteiger partial charge is 0.463 e. The summed E-state index contributed by atoms with van der Waals surface area (Å²) in [6.07, 6.45) is 3.83. The van der Waals surface area contributed by atoms with Gasteiger partial charge >= 0.3 is 0 Å². The number of benzene rings is 5. The molecule has 0 aliphatic carbocycles. The number of aryl methyl sites for hydroxylation is 3. The average molecular weight is 764 g/mol. The minimum Gasteiger partial charge on any atom is -0.463 e. The van der Waals surface area contributed by atoms with Gasteiger partial charge in [0.2, 0.25) is 0 Å². The van der Waals surface area contributed by atoms with Crippen LogP contribution in [0.1, 0.15) is 16.7 Å². The van der Waals surface area contributed by atoms with E-state index in [2.05, 4.69) is 105 Å². The van der Waals surface area contributed by atoms with Gasteiger partial charge in [-0.2, -0.15) is 57.5 Å². The SMILES string of the molecule is Cc1cc(C)c(B(c2[c-]c(N3[CH-]N(c4ccccc4)C=N3)ccc2)c2[c-]c(-n3ccc(-c4ccccc4)n3)ccc2)c(C)c1.[Pt]. The Bertz CT molecular complexity index is 1930. The molecule has 1 aromatic heterocycles. The number of hydrazone groups is 1. The third kappa shape index (κ3) is 6.29. The molecule has 0 unspecified atom stereocenters. The third-order valence-electron chi connectivity index (χ3n) is 7.99. The smallest absolute Gasteiger partial charge is 0.192 e. The Morgan fingerprint density at radius 1 is 0.689 bits per heavy atom. The van der Waals surface area contributed by atoms with Crippen LogP contribution in [0.5, 0.6) is 0 Å². The molecule has 5 nitrogen and oxygen atoms in total. The Kier molecular flexibility index (Phi) is 8.86. The van der Waals surface area contributed by atoms with Crippen molar-refractivity contribution in [2.45, 2.75) is 20.8 Å². The Labute approximate surface area is 280 Å². The van der Waals surface area contributed by atoms with E-state index >= 15 is 0 Å². The maximum Gasteiger partial charge on any atom is 0.192 e. The summed E-state index contributed by atoms with van der Waals surface area (Å²) in [4.78, 5) is 2.01. The quantitative estimate of drug-likeness (QED) is 0.149. The molecule has 0 amide bonds. The summed E-state index contributed by atoms with van der Waals surface area (Å²) in [7, 11) is 0. The number of hydrogen-bond donors (Lipinski definition) is 0. The fourth-order valence-corrected chi connectivity index (χ4v) is 6.04. The Balaban J connectivity index is 0.00000357. The van der Waals surface area contributed by atoms with Crippen LogP contribution in [0, 0.1) is 39.6 Å². The summed E-state index contributed by atoms with van der Waals surface area (Å²) in [6.45, 7) is 8.45. The van der Waals surface area contributed by atoms with Crippen molar-refractivity contribution < 1.29 is 21.1 Å². The second-order valence-corrected chi connectivity index (χ2v) is 11.2. The van der Waals surface area contributed by atoms with E-state index in [9.17, 15) is 0 Å². The number of aromatic nitrogens is 2. The number of rotatable bonds is 7. The molecule has 0 bridgehead atoms. The van der Waals surface area contributed by atoms with Gasteiger partial charge in [0.15, 0.2) is 6.71 Å². The van der Waals surface area contributed by atoms with Gasteiger partial charge < -0.3 is 9.91 Å². The van der Waals surface area contributed by atoms with E-state index in [1.54, 1.807) is 0 Å². The number of anilines is 2. The summed E-state index contributed by atoms with van der Waals surface area (Å²) < 4.78 is 1.91. The van der Waals surface area contributed by atoms with Crippen molar-refractivity contribution in [2.75, 3.05) is 9.91 Å². The van der Waals surface area contributed by atoms with E-state index in [1.807, 2.05) is 82.3 Å². The van der Waals surface area contributed by atoms with Crippen molar-refractivity contribution in [3.05, 3.63) is 157 Å². The number of hydrogen-bond acceptors (Lipinski definition) is 4. The van der Waals surface area contributed by atoms with Crippen LogP contribution < -0.4 is 26.3 Å². The molecule has 0 saturated heterocycles. The Morgan fingerprint density at radius 3 is 2.00 bits per heavy atom. The fraction of sp³-hybridized carbons (Fsp3) is 0.0789. The molecule has 0 fully saturated rings. The second-order valence-electron chi connectivity index (χ2n) is 11.2. The monoisotopic (exact) mass is 763 g/mol. The van der Waals surface area contributed by atoms with Crippen molar-refractivity contribution in [3.8, 4) is 16.9 Å². The first-order chi connectivity index (χ1) is 21.5. The van der Waals surface area contributed by atoms with E-state index in [-0.39, 0.29) is 27.8 Å². The topological polar surface area (TPSA) is 36.7 Å². The minimum atomic E-state index is -0.0866. The van der Waals surface area contributed by atoms with E-state index in [0.29, 0.717) is 0 Å². The van der Waals surface area contributed by atoms with E-state index in [1.165, 1.54) is 22.2 Å². The van der Waals surface area contributed by atoms with Gasteiger partial charge in [0, 0.05) is 38.5 Å². The Morgan fingerprint density at radius 2 is 1.31 bits per heavy atom. The zero-order chi connectivity index (χ0) is 30.0. The molecular weight excluding hydrogens is 732 g/mol. The maximum atomic E-state index is 4.89. The maximum absolute atomic E-state index is 4.89. The molecular formula is C38H31BN5Pt-3.